The first-order valence-corrected chi connectivity index (χ1v) is 6.96. The second kappa shape index (κ2) is 5.82. The van der Waals surface area contributed by atoms with Gasteiger partial charge in [-0.1, -0.05) is 0 Å². The van der Waals surface area contributed by atoms with Crippen LogP contribution in [-0.4, -0.2) is 35.6 Å². The van der Waals surface area contributed by atoms with Crippen molar-refractivity contribution in [3.63, 3.8) is 0 Å². The van der Waals surface area contributed by atoms with Crippen molar-refractivity contribution in [3.8, 4) is 0 Å². The second-order valence-corrected chi connectivity index (χ2v) is 5.94. The summed E-state index contributed by atoms with van der Waals surface area (Å²) in [5.74, 6) is 0.851. The Balaban J connectivity index is 2.23. The first-order chi connectivity index (χ1) is 8.63. The highest BCUT2D eigenvalue weighted by atomic mass is 35.5. The molecule has 2 heterocycles. The molecular weight excluding hydrogens is 270 g/mol. The highest BCUT2D eigenvalue weighted by molar-refractivity contribution is 7.18. The van der Waals surface area contributed by atoms with Crippen molar-refractivity contribution in [1.82, 2.24) is 9.97 Å². The highest BCUT2D eigenvalue weighted by Crippen LogP contribution is 2.32. The number of alkyl halides is 1. The summed E-state index contributed by atoms with van der Waals surface area (Å²) in [5.41, 5.74) is 1.23. The molecule has 0 spiro atoms. The van der Waals surface area contributed by atoms with E-state index in [1.54, 1.807) is 24.8 Å². The Bertz CT molecular complexity index is 543. The quantitative estimate of drug-likeness (QED) is 0.858. The highest BCUT2D eigenvalue weighted by Gasteiger charge is 2.12. The SMILES string of the molecule is COCC(Cl)CNc1ncnc2sc(C)c(C)c12. The molecule has 0 radical (unpaired) electrons. The number of nitrogens with zero attached hydrogens (tertiary/aromatic N) is 2. The Morgan fingerprint density at radius 2 is 2.22 bits per heavy atom. The molecule has 6 heteroatoms. The summed E-state index contributed by atoms with van der Waals surface area (Å²) < 4.78 is 5.00. The number of fused-ring (bicyclic) bond motifs is 1. The molecule has 0 aromatic carbocycles. The van der Waals surface area contributed by atoms with Gasteiger partial charge >= 0.3 is 0 Å². The predicted molar refractivity (Wildman–Crippen MR) is 76.9 cm³/mol. The largest absolute Gasteiger partial charge is 0.383 e. The van der Waals surface area contributed by atoms with Crippen LogP contribution < -0.4 is 5.32 Å². The first-order valence-electron chi connectivity index (χ1n) is 5.71. The van der Waals surface area contributed by atoms with Crippen LogP contribution in [0.25, 0.3) is 10.2 Å². The fourth-order valence-corrected chi connectivity index (χ4v) is 2.96. The van der Waals surface area contributed by atoms with Crippen LogP contribution in [0.15, 0.2) is 6.33 Å². The lowest BCUT2D eigenvalue weighted by Gasteiger charge is -2.11. The molecule has 98 valence electrons. The molecule has 0 aliphatic heterocycles. The number of hydrogen-bond acceptors (Lipinski definition) is 5. The van der Waals surface area contributed by atoms with E-state index in [4.69, 9.17) is 16.3 Å². The zero-order valence-corrected chi connectivity index (χ0v) is 12.2. The number of aryl methyl sites for hydroxylation is 2. The zero-order valence-electron chi connectivity index (χ0n) is 10.7. The average molecular weight is 286 g/mol. The van der Waals surface area contributed by atoms with E-state index in [9.17, 15) is 0 Å². The average Bonchev–Trinajstić information content (AvgIpc) is 2.64. The van der Waals surface area contributed by atoms with Gasteiger partial charge in [0.15, 0.2) is 0 Å². The van der Waals surface area contributed by atoms with Crippen LogP contribution in [0.3, 0.4) is 0 Å². The van der Waals surface area contributed by atoms with E-state index in [1.165, 1.54) is 10.4 Å². The molecule has 2 rings (SSSR count). The van der Waals surface area contributed by atoms with E-state index >= 15 is 0 Å². The van der Waals surface area contributed by atoms with Crippen molar-refractivity contribution in [3.05, 3.63) is 16.8 Å². The Kier molecular flexibility index (Phi) is 4.37. The van der Waals surface area contributed by atoms with Crippen LogP contribution in [0.2, 0.25) is 0 Å². The lowest BCUT2D eigenvalue weighted by molar-refractivity contribution is 0.200. The Labute approximate surface area is 115 Å². The van der Waals surface area contributed by atoms with Gasteiger partial charge in [0, 0.05) is 18.5 Å². The molecule has 0 amide bonds. The Morgan fingerprint density at radius 1 is 1.44 bits per heavy atom. The number of halogens is 1. The second-order valence-electron chi connectivity index (χ2n) is 4.12. The first kappa shape index (κ1) is 13.5. The summed E-state index contributed by atoms with van der Waals surface area (Å²) in [6.45, 7) is 5.33. The maximum atomic E-state index is 6.10. The number of methoxy groups -OCH3 is 1. The number of thiophene rings is 1. The fourth-order valence-electron chi connectivity index (χ4n) is 1.76. The van der Waals surface area contributed by atoms with Gasteiger partial charge in [-0.2, -0.15) is 0 Å². The zero-order chi connectivity index (χ0) is 13.1. The van der Waals surface area contributed by atoms with Crippen LogP contribution in [0.4, 0.5) is 5.82 Å². The van der Waals surface area contributed by atoms with Gasteiger partial charge in [-0.15, -0.1) is 22.9 Å². The summed E-state index contributed by atoms with van der Waals surface area (Å²) >= 11 is 7.79. The van der Waals surface area contributed by atoms with Crippen LogP contribution in [0.1, 0.15) is 10.4 Å². The van der Waals surface area contributed by atoms with Crippen molar-refractivity contribution in [1.29, 1.82) is 0 Å². The normalized spacial score (nSPS) is 12.9. The van der Waals surface area contributed by atoms with E-state index in [0.717, 1.165) is 16.0 Å². The lowest BCUT2D eigenvalue weighted by Crippen LogP contribution is -2.19. The van der Waals surface area contributed by atoms with Gasteiger partial charge in [-0.05, 0) is 19.4 Å². The van der Waals surface area contributed by atoms with Crippen molar-refractivity contribution >= 4 is 39.0 Å². The molecule has 0 bridgehead atoms. The predicted octanol–water partition coefficient (Wildman–Crippen LogP) is 2.97. The topological polar surface area (TPSA) is 47.0 Å². The molecule has 0 fully saturated rings. The standard InChI is InChI=1S/C12H16ClN3OS/c1-7-8(2)18-12-10(7)11(15-6-16-12)14-4-9(13)5-17-3/h6,9H,4-5H2,1-3H3,(H,14,15,16). The van der Waals surface area contributed by atoms with Crippen LogP contribution >= 0.6 is 22.9 Å². The van der Waals surface area contributed by atoms with E-state index < -0.39 is 0 Å². The maximum Gasteiger partial charge on any atom is 0.138 e. The number of rotatable bonds is 5. The summed E-state index contributed by atoms with van der Waals surface area (Å²) in [4.78, 5) is 10.9. The van der Waals surface area contributed by atoms with E-state index in [1.807, 2.05) is 0 Å². The number of nitrogens with one attached hydrogen (secondary N) is 1. The van der Waals surface area contributed by atoms with Gasteiger partial charge < -0.3 is 10.1 Å². The van der Waals surface area contributed by atoms with E-state index in [-0.39, 0.29) is 5.38 Å². The van der Waals surface area contributed by atoms with E-state index in [2.05, 4.69) is 29.1 Å². The number of anilines is 1. The monoisotopic (exact) mass is 285 g/mol. The molecule has 2 aromatic heterocycles. The number of aromatic nitrogens is 2. The molecular formula is C12H16ClN3OS. The summed E-state index contributed by atoms with van der Waals surface area (Å²) in [6.07, 6.45) is 1.58. The third kappa shape index (κ3) is 2.74. The van der Waals surface area contributed by atoms with Gasteiger partial charge in [0.25, 0.3) is 0 Å². The van der Waals surface area contributed by atoms with E-state index in [0.29, 0.717) is 13.2 Å². The van der Waals surface area contributed by atoms with Crippen molar-refractivity contribution in [2.45, 2.75) is 19.2 Å². The minimum Gasteiger partial charge on any atom is -0.383 e. The molecule has 0 aliphatic carbocycles. The lowest BCUT2D eigenvalue weighted by atomic mass is 10.2. The summed E-state index contributed by atoms with van der Waals surface area (Å²) in [7, 11) is 1.64. The van der Waals surface area contributed by atoms with Crippen LogP contribution in [0.5, 0.6) is 0 Å². The van der Waals surface area contributed by atoms with Gasteiger partial charge in [-0.25, -0.2) is 9.97 Å². The molecule has 2 aromatic rings. The molecule has 0 aliphatic rings. The van der Waals surface area contributed by atoms with Crippen molar-refractivity contribution in [2.75, 3.05) is 25.6 Å². The molecule has 18 heavy (non-hydrogen) atoms. The third-order valence-corrected chi connectivity index (χ3v) is 4.20. The maximum absolute atomic E-state index is 6.10. The van der Waals surface area contributed by atoms with Gasteiger partial charge in [0.1, 0.15) is 17.0 Å². The fraction of sp³-hybridized carbons (Fsp3) is 0.500. The van der Waals surface area contributed by atoms with Crippen molar-refractivity contribution < 1.29 is 4.74 Å². The molecule has 0 saturated heterocycles. The van der Waals surface area contributed by atoms with Gasteiger partial charge in [0.2, 0.25) is 0 Å². The Hall–Kier alpha value is -0.910. The van der Waals surface area contributed by atoms with Gasteiger partial charge in [-0.3, -0.25) is 0 Å². The Morgan fingerprint density at radius 3 is 2.94 bits per heavy atom. The summed E-state index contributed by atoms with van der Waals surface area (Å²) in [6, 6.07) is 0. The number of hydrogen-bond donors (Lipinski definition) is 1. The molecule has 1 N–H and O–H groups in total. The smallest absolute Gasteiger partial charge is 0.138 e. The molecule has 1 atom stereocenters. The molecule has 1 unspecified atom stereocenters. The third-order valence-electron chi connectivity index (χ3n) is 2.80. The van der Waals surface area contributed by atoms with Crippen LogP contribution in [0, 0.1) is 13.8 Å². The minimum atomic E-state index is -0.0694. The minimum absolute atomic E-state index is 0.0694. The number of ether oxygens (including phenoxy) is 1. The van der Waals surface area contributed by atoms with Crippen molar-refractivity contribution in [2.24, 2.45) is 0 Å². The van der Waals surface area contributed by atoms with Crippen LogP contribution in [-0.2, 0) is 4.74 Å². The van der Waals surface area contributed by atoms with Gasteiger partial charge in [0.05, 0.1) is 17.4 Å². The molecule has 4 nitrogen and oxygen atoms in total. The summed E-state index contributed by atoms with van der Waals surface area (Å²) in [5, 5.41) is 4.30. The molecule has 0 saturated carbocycles.